The standard InChI is InChI=1S/C34H38Cl2N2O4S3/c1-27-15-19-31(20-16-27)44(39,40)37(29-11-7-5-8-12-29)23-33(3,35)25-43-26-34(4,36)24-38(30-13-9-6-10-14-30)45(41,42)32-21-17-28(2)18-22-32/h5-22H,23-26H2,1-4H3/t33-,34-/m1/s1. The molecule has 0 bridgehead atoms. The summed E-state index contributed by atoms with van der Waals surface area (Å²) in [6.07, 6.45) is 0. The number of hydrogen-bond donors (Lipinski definition) is 0. The first-order chi connectivity index (χ1) is 21.1. The SMILES string of the molecule is Cc1ccc(S(=O)(=O)N(C[C@@](C)(Cl)CSC[C@](C)(Cl)CN(c2ccccc2)S(=O)(=O)c2ccc(C)cc2)c2ccccc2)cc1. The zero-order chi connectivity index (χ0) is 32.9. The number of hydrogen-bond acceptors (Lipinski definition) is 5. The van der Waals surface area contributed by atoms with Gasteiger partial charge in [-0.25, -0.2) is 16.8 Å². The third-order valence-corrected chi connectivity index (χ3v) is 13.1. The molecule has 45 heavy (non-hydrogen) atoms. The number of sulfonamides is 2. The van der Waals surface area contributed by atoms with Crippen LogP contribution in [0.25, 0.3) is 0 Å². The number of rotatable bonds is 14. The van der Waals surface area contributed by atoms with E-state index in [9.17, 15) is 16.8 Å². The quantitative estimate of drug-likeness (QED) is 0.124. The molecule has 0 radical (unpaired) electrons. The number of para-hydroxylation sites is 2. The van der Waals surface area contributed by atoms with Gasteiger partial charge in [0, 0.05) is 11.5 Å². The molecule has 0 N–H and O–H groups in total. The van der Waals surface area contributed by atoms with E-state index < -0.39 is 29.8 Å². The first-order valence-electron chi connectivity index (χ1n) is 14.4. The molecular formula is C34H38Cl2N2O4S3. The van der Waals surface area contributed by atoms with Gasteiger partial charge in [0.2, 0.25) is 0 Å². The molecule has 4 aromatic rings. The molecule has 0 aliphatic carbocycles. The third kappa shape index (κ3) is 9.20. The van der Waals surface area contributed by atoms with Crippen LogP contribution in [0.15, 0.2) is 119 Å². The van der Waals surface area contributed by atoms with Crippen molar-refractivity contribution in [3.8, 4) is 0 Å². The van der Waals surface area contributed by atoms with Crippen LogP contribution in [0.4, 0.5) is 11.4 Å². The Bertz CT molecular complexity index is 1630. The Morgan fingerprint density at radius 1 is 0.556 bits per heavy atom. The molecular weight excluding hydrogens is 667 g/mol. The maximum Gasteiger partial charge on any atom is 0.264 e. The van der Waals surface area contributed by atoms with Gasteiger partial charge >= 0.3 is 0 Å². The molecule has 0 heterocycles. The van der Waals surface area contributed by atoms with Crippen LogP contribution in [0.3, 0.4) is 0 Å². The fraction of sp³-hybridized carbons (Fsp3) is 0.294. The Balaban J connectivity index is 1.51. The highest BCUT2D eigenvalue weighted by atomic mass is 35.5. The predicted molar refractivity (Wildman–Crippen MR) is 190 cm³/mol. The van der Waals surface area contributed by atoms with Crippen LogP contribution in [-0.2, 0) is 20.0 Å². The van der Waals surface area contributed by atoms with Gasteiger partial charge in [-0.15, -0.1) is 23.2 Å². The average Bonchev–Trinajstić information content (AvgIpc) is 3.00. The number of halogens is 2. The second kappa shape index (κ2) is 14.4. The van der Waals surface area contributed by atoms with Crippen molar-refractivity contribution in [1.82, 2.24) is 0 Å². The van der Waals surface area contributed by atoms with E-state index in [4.69, 9.17) is 23.2 Å². The second-order valence-electron chi connectivity index (χ2n) is 11.6. The van der Waals surface area contributed by atoms with E-state index in [0.29, 0.717) is 22.9 Å². The fourth-order valence-electron chi connectivity index (χ4n) is 4.66. The lowest BCUT2D eigenvalue weighted by Crippen LogP contribution is -2.44. The van der Waals surface area contributed by atoms with Crippen molar-refractivity contribution in [2.24, 2.45) is 0 Å². The lowest BCUT2D eigenvalue weighted by molar-refractivity contribution is 0.583. The van der Waals surface area contributed by atoms with Gasteiger partial charge < -0.3 is 0 Å². The predicted octanol–water partition coefficient (Wildman–Crippen LogP) is 8.12. The van der Waals surface area contributed by atoms with E-state index in [0.717, 1.165) is 11.1 Å². The number of nitrogens with zero attached hydrogens (tertiary/aromatic N) is 2. The molecule has 0 aromatic heterocycles. The van der Waals surface area contributed by atoms with Crippen molar-refractivity contribution in [2.75, 3.05) is 33.2 Å². The molecule has 0 fully saturated rings. The van der Waals surface area contributed by atoms with E-state index >= 15 is 0 Å². The number of alkyl halides is 2. The summed E-state index contributed by atoms with van der Waals surface area (Å²) in [6.45, 7) is 7.43. The Kier molecular flexibility index (Phi) is 11.2. The van der Waals surface area contributed by atoms with E-state index in [1.807, 2.05) is 26.0 Å². The maximum absolute atomic E-state index is 13.8. The summed E-state index contributed by atoms with van der Waals surface area (Å²) in [4.78, 5) is -1.58. The summed E-state index contributed by atoms with van der Waals surface area (Å²) in [5, 5.41) is 0. The average molecular weight is 706 g/mol. The first-order valence-corrected chi connectivity index (χ1v) is 19.1. The summed E-state index contributed by atoms with van der Waals surface area (Å²) < 4.78 is 58.0. The molecule has 2 atom stereocenters. The number of thioether (sulfide) groups is 1. The van der Waals surface area contributed by atoms with Crippen molar-refractivity contribution in [2.45, 2.75) is 47.2 Å². The molecule has 4 rings (SSSR count). The van der Waals surface area contributed by atoms with Crippen LogP contribution < -0.4 is 8.61 Å². The van der Waals surface area contributed by atoms with E-state index in [1.54, 1.807) is 111 Å². The monoisotopic (exact) mass is 704 g/mol. The molecule has 6 nitrogen and oxygen atoms in total. The lowest BCUT2D eigenvalue weighted by atomic mass is 10.2. The Hall–Kier alpha value is -2.69. The highest BCUT2D eigenvalue weighted by molar-refractivity contribution is 7.99. The van der Waals surface area contributed by atoms with Gasteiger partial charge in [0.25, 0.3) is 20.0 Å². The molecule has 0 aliphatic heterocycles. The van der Waals surface area contributed by atoms with Crippen LogP contribution in [0.2, 0.25) is 0 Å². The van der Waals surface area contributed by atoms with Gasteiger partial charge in [0.05, 0.1) is 44.0 Å². The smallest absolute Gasteiger partial charge is 0.264 e. The minimum atomic E-state index is -3.91. The van der Waals surface area contributed by atoms with Crippen molar-refractivity contribution in [1.29, 1.82) is 0 Å². The van der Waals surface area contributed by atoms with E-state index in [2.05, 4.69) is 0 Å². The van der Waals surface area contributed by atoms with Crippen molar-refractivity contribution < 1.29 is 16.8 Å². The maximum atomic E-state index is 13.8. The van der Waals surface area contributed by atoms with Crippen LogP contribution in [0.1, 0.15) is 25.0 Å². The van der Waals surface area contributed by atoms with Gasteiger partial charge in [-0.05, 0) is 76.2 Å². The highest BCUT2D eigenvalue weighted by Crippen LogP contribution is 2.34. The number of aryl methyl sites for hydroxylation is 2. The summed E-state index contributed by atoms with van der Waals surface area (Å²) in [6, 6.07) is 31.3. The van der Waals surface area contributed by atoms with Crippen LogP contribution in [0, 0.1) is 13.8 Å². The van der Waals surface area contributed by atoms with Crippen LogP contribution in [0.5, 0.6) is 0 Å². The molecule has 240 valence electrons. The minimum Gasteiger partial charge on any atom is -0.265 e. The zero-order valence-electron chi connectivity index (χ0n) is 25.7. The highest BCUT2D eigenvalue weighted by Gasteiger charge is 2.36. The lowest BCUT2D eigenvalue weighted by Gasteiger charge is -2.34. The Morgan fingerprint density at radius 3 is 1.18 bits per heavy atom. The van der Waals surface area contributed by atoms with Gasteiger partial charge in [0.15, 0.2) is 0 Å². The molecule has 0 spiro atoms. The molecule has 0 unspecified atom stereocenters. The summed E-state index contributed by atoms with van der Waals surface area (Å²) in [5.74, 6) is 0.722. The fourth-order valence-corrected chi connectivity index (χ4v) is 9.82. The zero-order valence-corrected chi connectivity index (χ0v) is 29.7. The first kappa shape index (κ1) is 35.2. The van der Waals surface area contributed by atoms with E-state index in [1.165, 1.54) is 20.4 Å². The third-order valence-electron chi connectivity index (χ3n) is 7.06. The second-order valence-corrected chi connectivity index (χ2v) is 18.2. The van der Waals surface area contributed by atoms with Crippen molar-refractivity contribution >= 4 is 66.4 Å². The summed E-state index contributed by atoms with van der Waals surface area (Å²) >= 11 is 15.5. The number of anilines is 2. The largest absolute Gasteiger partial charge is 0.265 e. The van der Waals surface area contributed by atoms with Gasteiger partial charge in [-0.2, -0.15) is 11.8 Å². The molecule has 0 amide bonds. The van der Waals surface area contributed by atoms with Gasteiger partial charge in [-0.3, -0.25) is 8.61 Å². The molecule has 0 saturated heterocycles. The van der Waals surface area contributed by atoms with Gasteiger partial charge in [0.1, 0.15) is 0 Å². The number of benzene rings is 4. The van der Waals surface area contributed by atoms with Crippen molar-refractivity contribution in [3.05, 3.63) is 120 Å². The molecule has 0 aliphatic rings. The molecule has 11 heteroatoms. The Morgan fingerprint density at radius 2 is 0.867 bits per heavy atom. The molecule has 0 saturated carbocycles. The Labute approximate surface area is 282 Å². The minimum absolute atomic E-state index is 0.0126. The summed E-state index contributed by atoms with van der Waals surface area (Å²) in [5.41, 5.74) is 2.94. The van der Waals surface area contributed by atoms with Crippen LogP contribution >= 0.6 is 35.0 Å². The van der Waals surface area contributed by atoms with Crippen molar-refractivity contribution in [3.63, 3.8) is 0 Å². The topological polar surface area (TPSA) is 74.8 Å². The van der Waals surface area contributed by atoms with E-state index in [-0.39, 0.29) is 22.9 Å². The van der Waals surface area contributed by atoms with Gasteiger partial charge in [-0.1, -0.05) is 71.8 Å². The summed E-state index contributed by atoms with van der Waals surface area (Å²) in [7, 11) is -7.82. The normalized spacial score (nSPS) is 14.7. The molecule has 4 aromatic carbocycles. The van der Waals surface area contributed by atoms with Crippen LogP contribution in [-0.4, -0.2) is 51.2 Å².